The molecule has 2 rings (SSSR count). The molecule has 0 saturated heterocycles. The highest BCUT2D eigenvalue weighted by molar-refractivity contribution is 5.81. The molecule has 0 radical (unpaired) electrons. The van der Waals surface area contributed by atoms with Gasteiger partial charge < -0.3 is 9.47 Å². The Labute approximate surface area is 142 Å². The fourth-order valence-corrected chi connectivity index (χ4v) is 2.15. The van der Waals surface area contributed by atoms with E-state index in [4.69, 9.17) is 9.47 Å². The first-order valence-electron chi connectivity index (χ1n) is 8.04. The van der Waals surface area contributed by atoms with E-state index in [0.29, 0.717) is 18.3 Å². The number of nitrogens with zero attached hydrogens (tertiary/aromatic N) is 3. The van der Waals surface area contributed by atoms with Crippen LogP contribution in [0.1, 0.15) is 36.7 Å². The van der Waals surface area contributed by atoms with Crippen LogP contribution >= 0.6 is 0 Å². The summed E-state index contributed by atoms with van der Waals surface area (Å²) in [6, 6.07) is 7.61. The van der Waals surface area contributed by atoms with E-state index < -0.39 is 0 Å². The second kappa shape index (κ2) is 8.86. The highest BCUT2D eigenvalue weighted by Gasteiger charge is 2.05. The molecule has 0 unspecified atom stereocenters. The van der Waals surface area contributed by atoms with Crippen molar-refractivity contribution in [2.45, 2.75) is 33.6 Å². The maximum atomic E-state index is 5.77. The molecule has 1 aromatic heterocycles. The molecule has 0 aliphatic rings. The molecule has 2 aromatic rings. The molecule has 0 bridgehead atoms. The molecule has 1 heterocycles. The van der Waals surface area contributed by atoms with Gasteiger partial charge in [0, 0.05) is 11.4 Å². The molecule has 6 nitrogen and oxygen atoms in total. The van der Waals surface area contributed by atoms with E-state index in [2.05, 4.69) is 27.4 Å². The van der Waals surface area contributed by atoms with Crippen LogP contribution in [0, 0.1) is 13.8 Å². The lowest BCUT2D eigenvalue weighted by Gasteiger charge is -2.10. The monoisotopic (exact) mass is 328 g/mol. The number of unbranched alkanes of at least 4 members (excludes halogenated alkanes) is 1. The number of hydrogen-bond acceptors (Lipinski definition) is 6. The van der Waals surface area contributed by atoms with Crippen molar-refractivity contribution in [3.8, 4) is 11.5 Å². The number of nitrogens with one attached hydrogen (secondary N) is 1. The largest absolute Gasteiger partial charge is 0.493 e. The minimum absolute atomic E-state index is 0.483. The highest BCUT2D eigenvalue weighted by Crippen LogP contribution is 2.27. The zero-order valence-corrected chi connectivity index (χ0v) is 14.7. The van der Waals surface area contributed by atoms with Gasteiger partial charge in [0.05, 0.1) is 19.9 Å². The van der Waals surface area contributed by atoms with Crippen molar-refractivity contribution in [2.75, 3.05) is 19.1 Å². The normalized spacial score (nSPS) is 10.8. The maximum absolute atomic E-state index is 5.77. The quantitative estimate of drug-likeness (QED) is 0.454. The lowest BCUT2D eigenvalue weighted by atomic mass is 10.2. The average molecular weight is 328 g/mol. The fraction of sp³-hybridized carbons (Fsp3) is 0.389. The summed E-state index contributed by atoms with van der Waals surface area (Å²) in [4.78, 5) is 8.56. The molecule has 0 aliphatic heterocycles. The first-order valence-corrected chi connectivity index (χ1v) is 8.04. The van der Waals surface area contributed by atoms with Crippen LogP contribution in [-0.2, 0) is 0 Å². The number of benzene rings is 1. The van der Waals surface area contributed by atoms with Crippen LogP contribution in [0.15, 0.2) is 29.4 Å². The SMILES string of the molecule is CCCCOc1cc(/C=N\Nc2nc(C)cc(C)n2)ccc1OC. The van der Waals surface area contributed by atoms with Gasteiger partial charge in [0.2, 0.25) is 5.95 Å². The molecule has 0 saturated carbocycles. The van der Waals surface area contributed by atoms with Crippen molar-refractivity contribution in [3.63, 3.8) is 0 Å². The predicted octanol–water partition coefficient (Wildman–Crippen LogP) is 3.73. The fourth-order valence-electron chi connectivity index (χ4n) is 2.15. The van der Waals surface area contributed by atoms with Gasteiger partial charge in [-0.15, -0.1) is 0 Å². The van der Waals surface area contributed by atoms with Gasteiger partial charge in [-0.25, -0.2) is 15.4 Å². The number of rotatable bonds is 8. The third-order valence-corrected chi connectivity index (χ3v) is 3.30. The van der Waals surface area contributed by atoms with Gasteiger partial charge in [-0.1, -0.05) is 13.3 Å². The zero-order chi connectivity index (χ0) is 17.4. The summed E-state index contributed by atoms with van der Waals surface area (Å²) >= 11 is 0. The first kappa shape index (κ1) is 17.7. The van der Waals surface area contributed by atoms with Crippen LogP contribution in [0.2, 0.25) is 0 Å². The summed E-state index contributed by atoms with van der Waals surface area (Å²) in [5.74, 6) is 1.92. The van der Waals surface area contributed by atoms with Crippen LogP contribution < -0.4 is 14.9 Å². The van der Waals surface area contributed by atoms with E-state index >= 15 is 0 Å². The summed E-state index contributed by atoms with van der Waals surface area (Å²) in [5, 5.41) is 4.19. The molecule has 0 aliphatic carbocycles. The minimum atomic E-state index is 0.483. The second-order valence-electron chi connectivity index (χ2n) is 5.46. The Morgan fingerprint density at radius 2 is 1.88 bits per heavy atom. The topological polar surface area (TPSA) is 68.6 Å². The number of hydrogen-bond donors (Lipinski definition) is 1. The molecule has 1 N–H and O–H groups in total. The van der Waals surface area contributed by atoms with E-state index in [1.807, 2.05) is 38.1 Å². The Morgan fingerprint density at radius 3 is 2.54 bits per heavy atom. The van der Waals surface area contributed by atoms with Crippen molar-refractivity contribution in [1.29, 1.82) is 0 Å². The van der Waals surface area contributed by atoms with Gasteiger partial charge in [-0.2, -0.15) is 5.10 Å². The molecule has 0 fully saturated rings. The molecule has 0 amide bonds. The third kappa shape index (κ3) is 5.22. The van der Waals surface area contributed by atoms with E-state index in [1.54, 1.807) is 13.3 Å². The van der Waals surface area contributed by atoms with E-state index in [-0.39, 0.29) is 0 Å². The summed E-state index contributed by atoms with van der Waals surface area (Å²) in [6.45, 7) is 6.65. The molecular formula is C18H24N4O2. The molecular weight excluding hydrogens is 304 g/mol. The average Bonchev–Trinajstić information content (AvgIpc) is 2.54. The van der Waals surface area contributed by atoms with Crippen molar-refractivity contribution in [1.82, 2.24) is 9.97 Å². The zero-order valence-electron chi connectivity index (χ0n) is 14.7. The van der Waals surface area contributed by atoms with Gasteiger partial charge in [0.15, 0.2) is 11.5 Å². The highest BCUT2D eigenvalue weighted by atomic mass is 16.5. The summed E-state index contributed by atoms with van der Waals surface area (Å²) in [7, 11) is 1.63. The van der Waals surface area contributed by atoms with Crippen molar-refractivity contribution in [2.24, 2.45) is 5.10 Å². The molecule has 6 heteroatoms. The van der Waals surface area contributed by atoms with Crippen LogP contribution in [-0.4, -0.2) is 29.9 Å². The molecule has 1 aromatic carbocycles. The first-order chi connectivity index (χ1) is 11.6. The number of ether oxygens (including phenoxy) is 2. The Kier molecular flexibility index (Phi) is 6.54. The smallest absolute Gasteiger partial charge is 0.243 e. The number of aromatic nitrogens is 2. The summed E-state index contributed by atoms with van der Waals surface area (Å²) < 4.78 is 11.1. The predicted molar refractivity (Wildman–Crippen MR) is 96.1 cm³/mol. The Balaban J connectivity index is 2.06. The van der Waals surface area contributed by atoms with Gasteiger partial charge in [-0.05, 0) is 50.1 Å². The van der Waals surface area contributed by atoms with E-state index in [0.717, 1.165) is 35.5 Å². The van der Waals surface area contributed by atoms with E-state index in [9.17, 15) is 0 Å². The van der Waals surface area contributed by atoms with E-state index in [1.165, 1.54) is 0 Å². The summed E-state index contributed by atoms with van der Waals surface area (Å²) in [6.07, 6.45) is 3.80. The lowest BCUT2D eigenvalue weighted by molar-refractivity contribution is 0.288. The molecule has 128 valence electrons. The standard InChI is InChI=1S/C18H24N4O2/c1-5-6-9-24-17-11-15(7-8-16(17)23-4)12-19-22-18-20-13(2)10-14(3)21-18/h7-8,10-12H,5-6,9H2,1-4H3,(H,20,21,22)/b19-12-. The van der Waals surface area contributed by atoms with Gasteiger partial charge in [0.1, 0.15) is 0 Å². The van der Waals surface area contributed by atoms with Crippen LogP contribution in [0.4, 0.5) is 5.95 Å². The minimum Gasteiger partial charge on any atom is -0.493 e. The van der Waals surface area contributed by atoms with Crippen LogP contribution in [0.25, 0.3) is 0 Å². The molecule has 24 heavy (non-hydrogen) atoms. The van der Waals surface area contributed by atoms with Crippen molar-refractivity contribution in [3.05, 3.63) is 41.2 Å². The van der Waals surface area contributed by atoms with Gasteiger partial charge >= 0.3 is 0 Å². The van der Waals surface area contributed by atoms with Crippen LogP contribution in [0.5, 0.6) is 11.5 Å². The van der Waals surface area contributed by atoms with Gasteiger partial charge in [-0.3, -0.25) is 0 Å². The lowest BCUT2D eigenvalue weighted by Crippen LogP contribution is -2.01. The van der Waals surface area contributed by atoms with Gasteiger partial charge in [0.25, 0.3) is 0 Å². The number of anilines is 1. The Morgan fingerprint density at radius 1 is 1.12 bits per heavy atom. The Hall–Kier alpha value is -2.63. The molecule has 0 spiro atoms. The number of hydrazone groups is 1. The number of methoxy groups -OCH3 is 1. The van der Waals surface area contributed by atoms with Crippen LogP contribution in [0.3, 0.4) is 0 Å². The number of aryl methyl sites for hydroxylation is 2. The van der Waals surface area contributed by atoms with Crippen molar-refractivity contribution >= 4 is 12.2 Å². The Bertz CT molecular complexity index is 681. The summed E-state index contributed by atoms with van der Waals surface area (Å²) in [5.41, 5.74) is 5.55. The van der Waals surface area contributed by atoms with Crippen molar-refractivity contribution < 1.29 is 9.47 Å². The third-order valence-electron chi connectivity index (χ3n) is 3.30. The second-order valence-corrected chi connectivity index (χ2v) is 5.46. The maximum Gasteiger partial charge on any atom is 0.243 e. The molecule has 0 atom stereocenters.